The van der Waals surface area contributed by atoms with Gasteiger partial charge in [0.25, 0.3) is 0 Å². The van der Waals surface area contributed by atoms with Gasteiger partial charge in [0.1, 0.15) is 17.2 Å². The number of ketones is 1. The van der Waals surface area contributed by atoms with Crippen LogP contribution < -0.4 is 14.2 Å². The highest BCUT2D eigenvalue weighted by Crippen LogP contribution is 2.35. The van der Waals surface area contributed by atoms with Crippen molar-refractivity contribution in [1.82, 2.24) is 0 Å². The van der Waals surface area contributed by atoms with E-state index in [2.05, 4.69) is 0 Å². The minimum atomic E-state index is -0.451. The molecule has 2 aromatic rings. The predicted octanol–water partition coefficient (Wildman–Crippen LogP) is 3.15. The van der Waals surface area contributed by atoms with E-state index < -0.39 is 11.9 Å². The summed E-state index contributed by atoms with van der Waals surface area (Å²) < 4.78 is 15.5. The highest BCUT2D eigenvalue weighted by molar-refractivity contribution is 6.14. The second-order valence-corrected chi connectivity index (χ2v) is 5.35. The second-order valence-electron chi connectivity index (χ2n) is 5.35. The maximum Gasteiger partial charge on any atom is 0.308 e. The van der Waals surface area contributed by atoms with E-state index in [9.17, 15) is 14.4 Å². The van der Waals surface area contributed by atoms with Crippen LogP contribution in [-0.2, 0) is 9.59 Å². The van der Waals surface area contributed by atoms with Crippen molar-refractivity contribution in [2.45, 2.75) is 13.8 Å². The quantitative estimate of drug-likeness (QED) is 0.486. The molecule has 2 aromatic carbocycles. The van der Waals surface area contributed by atoms with E-state index in [4.69, 9.17) is 14.2 Å². The second kappa shape index (κ2) is 6.60. The molecular weight excluding hydrogens is 324 g/mol. The Morgan fingerprint density at radius 3 is 2.16 bits per heavy atom. The Hall–Kier alpha value is -3.41. The molecule has 0 fully saturated rings. The molecule has 6 nitrogen and oxygen atoms in total. The van der Waals surface area contributed by atoms with E-state index in [1.54, 1.807) is 42.5 Å². The molecule has 6 heteroatoms. The number of carbonyl (C=O) groups is 3. The molecule has 0 aromatic heterocycles. The average molecular weight is 338 g/mol. The molecule has 0 amide bonds. The fraction of sp³-hybridized carbons (Fsp3) is 0.105. The molecule has 1 aliphatic heterocycles. The van der Waals surface area contributed by atoms with Crippen LogP contribution in [0.4, 0.5) is 0 Å². The van der Waals surface area contributed by atoms with Crippen LogP contribution >= 0.6 is 0 Å². The Bertz CT molecular complexity index is 893. The van der Waals surface area contributed by atoms with Gasteiger partial charge >= 0.3 is 11.9 Å². The maximum atomic E-state index is 12.4. The van der Waals surface area contributed by atoms with Gasteiger partial charge in [0.05, 0.1) is 5.56 Å². The summed E-state index contributed by atoms with van der Waals surface area (Å²) in [5.74, 6) is 0.121. The van der Waals surface area contributed by atoms with Crippen molar-refractivity contribution in [3.05, 3.63) is 59.4 Å². The Morgan fingerprint density at radius 1 is 0.920 bits per heavy atom. The third-order valence-corrected chi connectivity index (χ3v) is 3.34. The fourth-order valence-electron chi connectivity index (χ4n) is 2.35. The van der Waals surface area contributed by atoms with Gasteiger partial charge in [-0.05, 0) is 35.9 Å². The molecule has 0 atom stereocenters. The van der Waals surface area contributed by atoms with Crippen molar-refractivity contribution in [3.8, 4) is 17.2 Å². The SMILES string of the molecule is CC(=O)Oc1ccc(/C=C2/Oc3cc(OC(C)=O)ccc3C2=O)cc1. The first-order valence-corrected chi connectivity index (χ1v) is 7.47. The number of benzene rings is 2. The van der Waals surface area contributed by atoms with Crippen LogP contribution in [-0.4, -0.2) is 17.7 Å². The number of hydrogen-bond acceptors (Lipinski definition) is 6. The number of hydrogen-bond donors (Lipinski definition) is 0. The Morgan fingerprint density at radius 2 is 1.52 bits per heavy atom. The van der Waals surface area contributed by atoms with Crippen LogP contribution in [0.1, 0.15) is 29.8 Å². The molecule has 0 saturated carbocycles. The van der Waals surface area contributed by atoms with Crippen LogP contribution in [0.2, 0.25) is 0 Å². The molecule has 0 aliphatic carbocycles. The number of allylic oxidation sites excluding steroid dienone is 1. The van der Waals surface area contributed by atoms with E-state index in [-0.39, 0.29) is 11.5 Å². The van der Waals surface area contributed by atoms with Crippen LogP contribution in [0.15, 0.2) is 48.2 Å². The van der Waals surface area contributed by atoms with Crippen LogP contribution in [0.25, 0.3) is 6.08 Å². The first kappa shape index (κ1) is 16.4. The summed E-state index contributed by atoms with van der Waals surface area (Å²) in [4.78, 5) is 34.3. The van der Waals surface area contributed by atoms with Gasteiger partial charge in [-0.15, -0.1) is 0 Å². The highest BCUT2D eigenvalue weighted by atomic mass is 16.5. The van der Waals surface area contributed by atoms with Gasteiger partial charge in [0, 0.05) is 19.9 Å². The van der Waals surface area contributed by atoms with Gasteiger partial charge in [-0.1, -0.05) is 12.1 Å². The van der Waals surface area contributed by atoms with Crippen molar-refractivity contribution in [3.63, 3.8) is 0 Å². The Labute approximate surface area is 143 Å². The molecule has 0 N–H and O–H groups in total. The van der Waals surface area contributed by atoms with E-state index in [1.807, 2.05) is 0 Å². The molecule has 25 heavy (non-hydrogen) atoms. The molecule has 3 rings (SSSR count). The lowest BCUT2D eigenvalue weighted by atomic mass is 10.1. The van der Waals surface area contributed by atoms with Crippen LogP contribution in [0.5, 0.6) is 17.2 Å². The van der Waals surface area contributed by atoms with Gasteiger partial charge in [0.2, 0.25) is 5.78 Å². The summed E-state index contributed by atoms with van der Waals surface area (Å²) in [5, 5.41) is 0. The summed E-state index contributed by atoms with van der Waals surface area (Å²) in [6, 6.07) is 11.3. The topological polar surface area (TPSA) is 78.9 Å². The van der Waals surface area contributed by atoms with E-state index in [1.165, 1.54) is 19.9 Å². The van der Waals surface area contributed by atoms with Crippen molar-refractivity contribution < 1.29 is 28.6 Å². The van der Waals surface area contributed by atoms with Crippen molar-refractivity contribution in [1.29, 1.82) is 0 Å². The number of esters is 2. The molecule has 0 spiro atoms. The lowest BCUT2D eigenvalue weighted by Crippen LogP contribution is -2.01. The fourth-order valence-corrected chi connectivity index (χ4v) is 2.35. The third-order valence-electron chi connectivity index (χ3n) is 3.34. The molecule has 1 aliphatic rings. The average Bonchev–Trinajstić information content (AvgIpc) is 2.84. The summed E-state index contributed by atoms with van der Waals surface area (Å²) >= 11 is 0. The first-order chi connectivity index (χ1) is 11.9. The highest BCUT2D eigenvalue weighted by Gasteiger charge is 2.27. The number of ether oxygens (including phenoxy) is 3. The molecule has 0 bridgehead atoms. The summed E-state index contributed by atoms with van der Waals surface area (Å²) in [6.45, 7) is 2.62. The number of rotatable bonds is 3. The normalized spacial score (nSPS) is 14.0. The van der Waals surface area contributed by atoms with Gasteiger partial charge in [-0.2, -0.15) is 0 Å². The first-order valence-electron chi connectivity index (χ1n) is 7.47. The standard InChI is InChI=1S/C19H14O6/c1-11(20)23-14-5-3-13(4-6-14)9-18-19(22)16-8-7-15(24-12(2)21)10-17(16)25-18/h3-10H,1-2H3/b18-9+. The van der Waals surface area contributed by atoms with Gasteiger partial charge in [-0.3, -0.25) is 14.4 Å². The summed E-state index contributed by atoms with van der Waals surface area (Å²) in [7, 11) is 0. The third kappa shape index (κ3) is 3.74. The number of Topliss-reactive ketones (excluding diaryl/α,β-unsaturated/α-hetero) is 1. The zero-order valence-electron chi connectivity index (χ0n) is 13.6. The summed E-state index contributed by atoms with van der Waals surface area (Å²) in [6.07, 6.45) is 1.59. The largest absolute Gasteiger partial charge is 0.452 e. The monoisotopic (exact) mass is 338 g/mol. The van der Waals surface area contributed by atoms with Crippen LogP contribution in [0.3, 0.4) is 0 Å². The maximum absolute atomic E-state index is 12.4. The Kier molecular flexibility index (Phi) is 4.35. The summed E-state index contributed by atoms with van der Waals surface area (Å²) in [5.41, 5.74) is 1.12. The van der Waals surface area contributed by atoms with Crippen LogP contribution in [0, 0.1) is 0 Å². The molecular formula is C19H14O6. The van der Waals surface area contributed by atoms with Crippen molar-refractivity contribution >= 4 is 23.8 Å². The van der Waals surface area contributed by atoms with Gasteiger partial charge < -0.3 is 14.2 Å². The minimum absolute atomic E-state index is 0.162. The lowest BCUT2D eigenvalue weighted by Gasteiger charge is -2.03. The molecule has 0 radical (unpaired) electrons. The number of carbonyl (C=O) groups excluding carboxylic acids is 3. The smallest absolute Gasteiger partial charge is 0.308 e. The minimum Gasteiger partial charge on any atom is -0.452 e. The van der Waals surface area contributed by atoms with Gasteiger partial charge in [0.15, 0.2) is 5.76 Å². The zero-order chi connectivity index (χ0) is 18.0. The van der Waals surface area contributed by atoms with E-state index >= 15 is 0 Å². The Balaban J connectivity index is 1.81. The van der Waals surface area contributed by atoms with Crippen molar-refractivity contribution in [2.75, 3.05) is 0 Å². The van der Waals surface area contributed by atoms with E-state index in [0.717, 1.165) is 0 Å². The van der Waals surface area contributed by atoms with E-state index in [0.29, 0.717) is 28.4 Å². The number of fused-ring (bicyclic) bond motifs is 1. The molecule has 1 heterocycles. The van der Waals surface area contributed by atoms with Gasteiger partial charge in [-0.25, -0.2) is 0 Å². The molecule has 0 saturated heterocycles. The molecule has 0 unspecified atom stereocenters. The van der Waals surface area contributed by atoms with Crippen molar-refractivity contribution in [2.24, 2.45) is 0 Å². The predicted molar refractivity (Wildman–Crippen MR) is 88.4 cm³/mol. The zero-order valence-corrected chi connectivity index (χ0v) is 13.6. The molecule has 126 valence electrons. The lowest BCUT2D eigenvalue weighted by molar-refractivity contribution is -0.132.